The van der Waals surface area contributed by atoms with E-state index in [1.165, 1.54) is 0 Å². The fraction of sp³-hybridized carbons (Fsp3) is 0.833. The largest absolute Gasteiger partial charge is 0.458 e. The van der Waals surface area contributed by atoms with Crippen molar-refractivity contribution in [3.05, 3.63) is 0 Å². The molecule has 1 fully saturated rings. The highest BCUT2D eigenvalue weighted by Crippen LogP contribution is 2.06. The summed E-state index contributed by atoms with van der Waals surface area (Å²) in [5.41, 5.74) is 0. The summed E-state index contributed by atoms with van der Waals surface area (Å²) in [6, 6.07) is 0. The second-order valence-corrected chi connectivity index (χ2v) is 2.22. The van der Waals surface area contributed by atoms with Crippen LogP contribution in [-0.4, -0.2) is 24.8 Å². The van der Waals surface area contributed by atoms with Gasteiger partial charge >= 0.3 is 5.97 Å². The van der Waals surface area contributed by atoms with E-state index >= 15 is 0 Å². The van der Waals surface area contributed by atoms with Crippen LogP contribution in [0.5, 0.6) is 0 Å². The van der Waals surface area contributed by atoms with Gasteiger partial charge in [-0.15, -0.1) is 0 Å². The molecule has 0 saturated carbocycles. The van der Waals surface area contributed by atoms with Crippen molar-refractivity contribution < 1.29 is 14.3 Å². The number of carbonyl (C=O) groups excluding carboxylic acids is 1. The first-order valence-electron chi connectivity index (χ1n) is 3.02. The molecule has 0 N–H and O–H groups in total. The van der Waals surface area contributed by atoms with E-state index in [1.807, 2.05) is 6.92 Å². The van der Waals surface area contributed by atoms with Gasteiger partial charge in [-0.05, 0) is 13.8 Å². The molecule has 0 radical (unpaired) electrons. The monoisotopic (exact) mass is 130 g/mol. The lowest BCUT2D eigenvalue weighted by atomic mass is 10.3. The normalized spacial score (nSPS) is 36.0. The Kier molecular flexibility index (Phi) is 1.71. The quantitative estimate of drug-likeness (QED) is 0.443. The fourth-order valence-corrected chi connectivity index (χ4v) is 0.676. The van der Waals surface area contributed by atoms with E-state index in [1.54, 1.807) is 6.92 Å². The molecule has 0 aromatic carbocycles. The van der Waals surface area contributed by atoms with Gasteiger partial charge < -0.3 is 9.47 Å². The maximum atomic E-state index is 10.7. The summed E-state index contributed by atoms with van der Waals surface area (Å²) >= 11 is 0. The Balaban J connectivity index is 2.44. The van der Waals surface area contributed by atoms with Crippen LogP contribution in [0.4, 0.5) is 0 Å². The molecule has 0 amide bonds. The van der Waals surface area contributed by atoms with Crippen molar-refractivity contribution in [3.8, 4) is 0 Å². The third-order valence-electron chi connectivity index (χ3n) is 1.23. The number of hydrogen-bond acceptors (Lipinski definition) is 3. The highest BCUT2D eigenvalue weighted by Gasteiger charge is 2.23. The van der Waals surface area contributed by atoms with E-state index < -0.39 is 0 Å². The third kappa shape index (κ3) is 1.42. The van der Waals surface area contributed by atoms with E-state index in [0.29, 0.717) is 6.61 Å². The Morgan fingerprint density at radius 3 is 2.67 bits per heavy atom. The fourth-order valence-electron chi connectivity index (χ4n) is 0.676. The summed E-state index contributed by atoms with van der Waals surface area (Å²) in [7, 11) is 0. The number of hydrogen-bond donors (Lipinski definition) is 0. The summed E-state index contributed by atoms with van der Waals surface area (Å²) in [4.78, 5) is 10.7. The molecule has 0 aromatic heterocycles. The predicted octanol–water partition coefficient (Wildman–Crippen LogP) is 0.337. The van der Waals surface area contributed by atoms with E-state index in [0.717, 1.165) is 0 Å². The molecule has 2 atom stereocenters. The zero-order valence-corrected chi connectivity index (χ0v) is 5.59. The molecule has 0 unspecified atom stereocenters. The topological polar surface area (TPSA) is 35.5 Å². The number of esters is 1. The summed E-state index contributed by atoms with van der Waals surface area (Å²) in [6.45, 7) is 4.02. The molecule has 1 aliphatic heterocycles. The van der Waals surface area contributed by atoms with Gasteiger partial charge in [-0.1, -0.05) is 0 Å². The second-order valence-electron chi connectivity index (χ2n) is 2.22. The number of rotatable bonds is 0. The lowest BCUT2D eigenvalue weighted by Gasteiger charge is -2.23. The summed E-state index contributed by atoms with van der Waals surface area (Å²) in [5, 5.41) is 0. The second kappa shape index (κ2) is 2.35. The number of ether oxygens (including phenoxy) is 2. The number of carbonyl (C=O) groups is 1. The first-order valence-corrected chi connectivity index (χ1v) is 3.02. The first kappa shape index (κ1) is 6.55. The van der Waals surface area contributed by atoms with Gasteiger partial charge in [0.05, 0.1) is 6.61 Å². The van der Waals surface area contributed by atoms with Gasteiger partial charge in [0, 0.05) is 0 Å². The average Bonchev–Trinajstić information content (AvgIpc) is 1.80. The molecule has 9 heavy (non-hydrogen) atoms. The Morgan fingerprint density at radius 1 is 1.56 bits per heavy atom. The average molecular weight is 130 g/mol. The molecule has 3 nitrogen and oxygen atoms in total. The van der Waals surface area contributed by atoms with Gasteiger partial charge in [0.2, 0.25) is 0 Å². The maximum Gasteiger partial charge on any atom is 0.335 e. The molecule has 1 saturated heterocycles. The van der Waals surface area contributed by atoms with Gasteiger partial charge in [0.25, 0.3) is 0 Å². The molecule has 1 heterocycles. The Hall–Kier alpha value is -0.570. The van der Waals surface area contributed by atoms with Crippen molar-refractivity contribution in [2.45, 2.75) is 26.1 Å². The molecular weight excluding hydrogens is 120 g/mol. The van der Waals surface area contributed by atoms with Crippen LogP contribution in [-0.2, 0) is 14.3 Å². The van der Waals surface area contributed by atoms with Crippen LogP contribution in [0.25, 0.3) is 0 Å². The molecule has 0 aliphatic carbocycles. The molecule has 0 spiro atoms. The summed E-state index contributed by atoms with van der Waals surface area (Å²) in [6.07, 6.45) is -0.449. The minimum atomic E-state index is -0.374. The van der Waals surface area contributed by atoms with Crippen LogP contribution in [0.15, 0.2) is 0 Å². The van der Waals surface area contributed by atoms with Crippen molar-refractivity contribution in [2.24, 2.45) is 0 Å². The highest BCUT2D eigenvalue weighted by atomic mass is 16.6. The molecule has 1 rings (SSSR count). The van der Waals surface area contributed by atoms with Gasteiger partial charge in [-0.3, -0.25) is 0 Å². The summed E-state index contributed by atoms with van der Waals surface area (Å²) < 4.78 is 9.86. The molecule has 1 aliphatic rings. The Bertz CT molecular complexity index is 121. The molecule has 52 valence electrons. The van der Waals surface area contributed by atoms with Crippen LogP contribution in [0.2, 0.25) is 0 Å². The zero-order valence-electron chi connectivity index (χ0n) is 5.59. The Labute approximate surface area is 53.9 Å². The Morgan fingerprint density at radius 2 is 2.22 bits per heavy atom. The summed E-state index contributed by atoms with van der Waals surface area (Å²) in [5.74, 6) is -0.256. The molecular formula is C6H10O3. The van der Waals surface area contributed by atoms with Crippen molar-refractivity contribution in [1.29, 1.82) is 0 Å². The van der Waals surface area contributed by atoms with Crippen LogP contribution >= 0.6 is 0 Å². The van der Waals surface area contributed by atoms with Crippen LogP contribution < -0.4 is 0 Å². The van der Waals surface area contributed by atoms with E-state index in [9.17, 15) is 4.79 Å². The zero-order chi connectivity index (χ0) is 6.85. The van der Waals surface area contributed by atoms with Crippen LogP contribution in [0.1, 0.15) is 13.8 Å². The van der Waals surface area contributed by atoms with Gasteiger partial charge in [-0.25, -0.2) is 4.79 Å². The van der Waals surface area contributed by atoms with Crippen molar-refractivity contribution in [2.75, 3.05) is 6.61 Å². The first-order chi connectivity index (χ1) is 4.20. The van der Waals surface area contributed by atoms with Gasteiger partial charge in [-0.2, -0.15) is 0 Å². The third-order valence-corrected chi connectivity index (χ3v) is 1.23. The van der Waals surface area contributed by atoms with Gasteiger partial charge in [0.1, 0.15) is 6.10 Å². The van der Waals surface area contributed by atoms with Gasteiger partial charge in [0.15, 0.2) is 6.10 Å². The van der Waals surface area contributed by atoms with Crippen molar-refractivity contribution >= 4 is 5.97 Å². The molecule has 0 bridgehead atoms. The van der Waals surface area contributed by atoms with Crippen molar-refractivity contribution in [3.63, 3.8) is 0 Å². The van der Waals surface area contributed by atoms with Crippen molar-refractivity contribution in [1.82, 2.24) is 0 Å². The molecule has 0 aromatic rings. The predicted molar refractivity (Wildman–Crippen MR) is 31.0 cm³/mol. The smallest absolute Gasteiger partial charge is 0.335 e. The highest BCUT2D eigenvalue weighted by molar-refractivity contribution is 5.74. The standard InChI is InChI=1S/C6H10O3/c1-4-3-8-5(2)6(7)9-4/h4-5H,3H2,1-2H3/t4-,5-/m0/s1. The van der Waals surface area contributed by atoms with Crippen LogP contribution in [0.3, 0.4) is 0 Å². The SMILES string of the molecule is C[C@@H]1OC[C@H](C)OC1=O. The van der Waals surface area contributed by atoms with E-state index in [-0.39, 0.29) is 18.2 Å². The molecule has 3 heteroatoms. The lowest BCUT2D eigenvalue weighted by Crippen LogP contribution is -2.36. The minimum Gasteiger partial charge on any atom is -0.458 e. The maximum absolute atomic E-state index is 10.7. The minimum absolute atomic E-state index is 0.0753. The number of cyclic esters (lactones) is 1. The lowest BCUT2D eigenvalue weighted by molar-refractivity contribution is -0.179. The van der Waals surface area contributed by atoms with E-state index in [4.69, 9.17) is 9.47 Å². The van der Waals surface area contributed by atoms with Crippen LogP contribution in [0, 0.1) is 0 Å². The van der Waals surface area contributed by atoms with E-state index in [2.05, 4.69) is 0 Å².